The third-order valence-electron chi connectivity index (χ3n) is 3.41. The molecule has 1 aromatic rings. The number of carbonyl (C=O) groups is 2. The smallest absolute Gasteiger partial charge is 0.307 e. The lowest BCUT2D eigenvalue weighted by molar-refractivity contribution is -0.141. The maximum Gasteiger partial charge on any atom is 0.307 e. The van der Waals surface area contributed by atoms with E-state index in [9.17, 15) is 9.59 Å². The van der Waals surface area contributed by atoms with Gasteiger partial charge < -0.3 is 9.64 Å². The molecule has 0 bridgehead atoms. The van der Waals surface area contributed by atoms with E-state index in [1.165, 1.54) is 7.11 Å². The van der Waals surface area contributed by atoms with Crippen molar-refractivity contribution in [2.75, 3.05) is 13.7 Å². The molecule has 0 N–H and O–H groups in total. The monoisotopic (exact) mass is 289 g/mol. The minimum absolute atomic E-state index is 0.0857. The van der Waals surface area contributed by atoms with Crippen LogP contribution in [0.15, 0.2) is 36.4 Å². The fraction of sp³-hybridized carbons (Fsp3) is 0.412. The molecule has 0 radical (unpaired) electrons. The van der Waals surface area contributed by atoms with Crippen LogP contribution in [-0.4, -0.2) is 36.5 Å². The summed E-state index contributed by atoms with van der Waals surface area (Å²) in [6.45, 7) is 4.37. The Morgan fingerprint density at radius 3 is 2.52 bits per heavy atom. The lowest BCUT2D eigenvalue weighted by atomic mass is 10.1. The average Bonchev–Trinajstić information content (AvgIpc) is 2.53. The Kier molecular flexibility index (Phi) is 7.23. The largest absolute Gasteiger partial charge is 0.469 e. The summed E-state index contributed by atoms with van der Waals surface area (Å²) in [5, 5.41) is 0. The number of methoxy groups -OCH3 is 1. The average molecular weight is 289 g/mol. The summed E-state index contributed by atoms with van der Waals surface area (Å²) in [6, 6.07) is 9.74. The lowest BCUT2D eigenvalue weighted by Gasteiger charge is -2.27. The van der Waals surface area contributed by atoms with Crippen LogP contribution in [0, 0.1) is 0 Å². The molecule has 1 amide bonds. The maximum absolute atomic E-state index is 12.3. The predicted octanol–water partition coefficient (Wildman–Crippen LogP) is 2.89. The Labute approximate surface area is 126 Å². The zero-order chi connectivity index (χ0) is 15.7. The number of rotatable bonds is 7. The SMILES string of the molecule is CCC(C)N(CCC(=O)OC)C(=O)/C=C/c1ccccc1. The van der Waals surface area contributed by atoms with Gasteiger partial charge in [0.1, 0.15) is 0 Å². The van der Waals surface area contributed by atoms with Crippen molar-refractivity contribution in [1.82, 2.24) is 4.90 Å². The number of ether oxygens (including phenoxy) is 1. The van der Waals surface area contributed by atoms with E-state index in [-0.39, 0.29) is 24.3 Å². The van der Waals surface area contributed by atoms with Crippen molar-refractivity contribution >= 4 is 18.0 Å². The van der Waals surface area contributed by atoms with Crippen LogP contribution in [0.3, 0.4) is 0 Å². The van der Waals surface area contributed by atoms with E-state index in [1.807, 2.05) is 44.2 Å². The van der Waals surface area contributed by atoms with Crippen LogP contribution in [0.2, 0.25) is 0 Å². The molecule has 114 valence electrons. The van der Waals surface area contributed by atoms with Crippen LogP contribution in [0.5, 0.6) is 0 Å². The van der Waals surface area contributed by atoms with E-state index in [0.29, 0.717) is 6.54 Å². The molecule has 0 saturated heterocycles. The van der Waals surface area contributed by atoms with Crippen molar-refractivity contribution in [2.45, 2.75) is 32.7 Å². The van der Waals surface area contributed by atoms with Crippen LogP contribution in [0.4, 0.5) is 0 Å². The van der Waals surface area contributed by atoms with E-state index in [0.717, 1.165) is 12.0 Å². The molecule has 0 spiro atoms. The van der Waals surface area contributed by atoms with Crippen LogP contribution < -0.4 is 0 Å². The standard InChI is InChI=1S/C17H23NO3/c1-4-14(2)18(13-12-17(20)21-3)16(19)11-10-15-8-6-5-7-9-15/h5-11,14H,4,12-13H2,1-3H3/b11-10+. The highest BCUT2D eigenvalue weighted by Gasteiger charge is 2.17. The van der Waals surface area contributed by atoms with Gasteiger partial charge in [0.15, 0.2) is 0 Å². The topological polar surface area (TPSA) is 46.6 Å². The summed E-state index contributed by atoms with van der Waals surface area (Å²) in [7, 11) is 1.35. The predicted molar refractivity (Wildman–Crippen MR) is 83.6 cm³/mol. The van der Waals surface area contributed by atoms with Crippen LogP contribution in [0.1, 0.15) is 32.3 Å². The lowest BCUT2D eigenvalue weighted by Crippen LogP contribution is -2.38. The molecule has 1 aromatic carbocycles. The molecule has 0 heterocycles. The first-order chi connectivity index (χ1) is 10.1. The van der Waals surface area contributed by atoms with Crippen molar-refractivity contribution in [3.63, 3.8) is 0 Å². The molecule has 1 unspecified atom stereocenters. The zero-order valence-corrected chi connectivity index (χ0v) is 12.9. The molecule has 21 heavy (non-hydrogen) atoms. The van der Waals surface area contributed by atoms with E-state index in [2.05, 4.69) is 4.74 Å². The molecular formula is C17H23NO3. The van der Waals surface area contributed by atoms with Gasteiger partial charge in [-0.2, -0.15) is 0 Å². The van der Waals surface area contributed by atoms with E-state index < -0.39 is 0 Å². The number of hydrogen-bond donors (Lipinski definition) is 0. The Morgan fingerprint density at radius 1 is 1.29 bits per heavy atom. The fourth-order valence-corrected chi connectivity index (χ4v) is 1.91. The zero-order valence-electron chi connectivity index (χ0n) is 12.9. The molecule has 0 aromatic heterocycles. The summed E-state index contributed by atoms with van der Waals surface area (Å²) < 4.78 is 4.63. The normalized spacial score (nSPS) is 12.1. The Balaban J connectivity index is 2.71. The van der Waals surface area contributed by atoms with Gasteiger partial charge in [0.25, 0.3) is 0 Å². The quantitative estimate of drug-likeness (QED) is 0.573. The number of amides is 1. The summed E-state index contributed by atoms with van der Waals surface area (Å²) in [4.78, 5) is 25.3. The second-order valence-electron chi connectivity index (χ2n) is 4.86. The molecule has 0 saturated carbocycles. The molecule has 4 nitrogen and oxygen atoms in total. The number of carbonyl (C=O) groups excluding carboxylic acids is 2. The van der Waals surface area contributed by atoms with E-state index >= 15 is 0 Å². The van der Waals surface area contributed by atoms with Crippen LogP contribution in [0.25, 0.3) is 6.08 Å². The van der Waals surface area contributed by atoms with Crippen LogP contribution in [-0.2, 0) is 14.3 Å². The third-order valence-corrected chi connectivity index (χ3v) is 3.41. The van der Waals surface area contributed by atoms with E-state index in [4.69, 9.17) is 0 Å². The fourth-order valence-electron chi connectivity index (χ4n) is 1.91. The van der Waals surface area contributed by atoms with Gasteiger partial charge in [0, 0.05) is 18.7 Å². The highest BCUT2D eigenvalue weighted by Crippen LogP contribution is 2.08. The van der Waals surface area contributed by atoms with Gasteiger partial charge in [0.05, 0.1) is 13.5 Å². The van der Waals surface area contributed by atoms with Gasteiger partial charge >= 0.3 is 5.97 Å². The Hall–Kier alpha value is -2.10. The first kappa shape index (κ1) is 17.0. The molecule has 0 aliphatic carbocycles. The molecule has 1 rings (SSSR count). The molecule has 1 atom stereocenters. The van der Waals surface area contributed by atoms with Gasteiger partial charge in [0.2, 0.25) is 5.91 Å². The van der Waals surface area contributed by atoms with Gasteiger partial charge in [-0.1, -0.05) is 37.3 Å². The van der Waals surface area contributed by atoms with E-state index in [1.54, 1.807) is 17.1 Å². The molecular weight excluding hydrogens is 266 g/mol. The highest BCUT2D eigenvalue weighted by molar-refractivity contribution is 5.92. The Morgan fingerprint density at radius 2 is 1.95 bits per heavy atom. The summed E-state index contributed by atoms with van der Waals surface area (Å²) in [6.07, 6.45) is 4.40. The minimum atomic E-state index is -0.303. The molecule has 0 fully saturated rings. The Bertz CT molecular complexity index is 482. The van der Waals surface area contributed by atoms with Crippen molar-refractivity contribution in [1.29, 1.82) is 0 Å². The number of nitrogens with zero attached hydrogens (tertiary/aromatic N) is 1. The van der Waals surface area contributed by atoms with Gasteiger partial charge in [-0.05, 0) is 25.0 Å². The van der Waals surface area contributed by atoms with Crippen molar-refractivity contribution < 1.29 is 14.3 Å². The highest BCUT2D eigenvalue weighted by atomic mass is 16.5. The number of esters is 1. The summed E-state index contributed by atoms with van der Waals surface area (Å²) >= 11 is 0. The van der Waals surface area contributed by atoms with Gasteiger partial charge in [-0.25, -0.2) is 0 Å². The minimum Gasteiger partial charge on any atom is -0.469 e. The van der Waals surface area contributed by atoms with Gasteiger partial charge in [-0.3, -0.25) is 9.59 Å². The molecule has 4 heteroatoms. The number of benzene rings is 1. The first-order valence-electron chi connectivity index (χ1n) is 7.19. The van der Waals surface area contributed by atoms with Gasteiger partial charge in [-0.15, -0.1) is 0 Å². The molecule has 0 aliphatic rings. The van der Waals surface area contributed by atoms with Crippen molar-refractivity contribution in [3.05, 3.63) is 42.0 Å². The number of hydrogen-bond acceptors (Lipinski definition) is 3. The third kappa shape index (κ3) is 5.81. The summed E-state index contributed by atoms with van der Waals surface area (Å²) in [5.41, 5.74) is 0.975. The van der Waals surface area contributed by atoms with Crippen LogP contribution >= 0.6 is 0 Å². The van der Waals surface area contributed by atoms with Crippen molar-refractivity contribution in [3.8, 4) is 0 Å². The second-order valence-corrected chi connectivity index (χ2v) is 4.86. The molecule has 0 aliphatic heterocycles. The maximum atomic E-state index is 12.3. The first-order valence-corrected chi connectivity index (χ1v) is 7.19. The second kappa shape index (κ2) is 8.95. The summed E-state index contributed by atoms with van der Waals surface area (Å²) in [5.74, 6) is -0.389. The van der Waals surface area contributed by atoms with Crippen molar-refractivity contribution in [2.24, 2.45) is 0 Å².